The minimum absolute atomic E-state index is 0.377. The van der Waals surface area contributed by atoms with Crippen molar-refractivity contribution in [2.24, 2.45) is 0 Å². The first kappa shape index (κ1) is 11.9. The Hall–Kier alpha value is -2.17. The van der Waals surface area contributed by atoms with Crippen LogP contribution in [0.2, 0.25) is 0 Å². The lowest BCUT2D eigenvalue weighted by molar-refractivity contribution is -0.138. The van der Waals surface area contributed by atoms with Crippen molar-refractivity contribution in [2.75, 3.05) is 6.54 Å². The van der Waals surface area contributed by atoms with E-state index in [-0.39, 0.29) is 6.54 Å². The number of nitrogens with one attached hydrogen (secondary N) is 1. The fourth-order valence-corrected chi connectivity index (χ4v) is 0.943. The number of nitrogens with zero attached hydrogens (tertiary/aromatic N) is 3. The lowest BCUT2D eigenvalue weighted by atomic mass is 10.1. The maximum atomic E-state index is 12.4. The number of carbonyl (C=O) groups excluding carboxylic acids is 1. The van der Waals surface area contributed by atoms with Gasteiger partial charge in [0.2, 0.25) is 0 Å². The Bertz CT molecular complexity index is 438. The third kappa shape index (κ3) is 2.66. The van der Waals surface area contributed by atoms with Crippen LogP contribution < -0.4 is 5.32 Å². The van der Waals surface area contributed by atoms with Crippen LogP contribution in [0.4, 0.5) is 13.2 Å². The van der Waals surface area contributed by atoms with Gasteiger partial charge >= 0.3 is 6.18 Å². The van der Waals surface area contributed by atoms with E-state index in [0.717, 1.165) is 0 Å². The lowest BCUT2D eigenvalue weighted by Gasteiger charge is -2.10. The molecular weight excluding hydrogens is 225 g/mol. The molecule has 0 saturated carbocycles. The third-order valence-electron chi connectivity index (χ3n) is 1.61. The van der Waals surface area contributed by atoms with Crippen molar-refractivity contribution < 1.29 is 18.0 Å². The molecule has 1 aromatic rings. The molecule has 0 radical (unpaired) electrons. The van der Waals surface area contributed by atoms with E-state index in [4.69, 9.17) is 5.26 Å². The van der Waals surface area contributed by atoms with Crippen LogP contribution in [0.15, 0.2) is 12.4 Å². The van der Waals surface area contributed by atoms with Gasteiger partial charge in [0, 0.05) is 0 Å². The summed E-state index contributed by atoms with van der Waals surface area (Å²) >= 11 is 0. The smallest absolute Gasteiger partial charge is 0.339 e. The van der Waals surface area contributed by atoms with E-state index in [0.29, 0.717) is 12.4 Å². The van der Waals surface area contributed by atoms with Gasteiger partial charge in [-0.2, -0.15) is 28.6 Å². The highest BCUT2D eigenvalue weighted by atomic mass is 19.4. The molecule has 1 aromatic heterocycles. The van der Waals surface area contributed by atoms with Gasteiger partial charge in [-0.05, 0) is 0 Å². The number of hydrogen-bond donors (Lipinski definition) is 1. The Balaban J connectivity index is 3.05. The minimum Gasteiger partial charge on any atom is -0.339 e. The molecule has 0 unspecified atom stereocenters. The van der Waals surface area contributed by atoms with E-state index in [2.05, 4.69) is 10.2 Å². The maximum Gasteiger partial charge on any atom is 0.418 e. The van der Waals surface area contributed by atoms with E-state index in [1.807, 2.05) is 5.32 Å². The van der Waals surface area contributed by atoms with Crippen LogP contribution in [0.1, 0.15) is 15.9 Å². The fourth-order valence-electron chi connectivity index (χ4n) is 0.943. The summed E-state index contributed by atoms with van der Waals surface area (Å²) in [4.78, 5) is 11.2. The second-order valence-corrected chi connectivity index (χ2v) is 2.66. The highest BCUT2D eigenvalue weighted by molar-refractivity contribution is 5.95. The number of halogens is 3. The van der Waals surface area contributed by atoms with Crippen molar-refractivity contribution in [3.05, 3.63) is 23.5 Å². The zero-order valence-electron chi connectivity index (χ0n) is 7.75. The van der Waals surface area contributed by atoms with Crippen molar-refractivity contribution in [2.45, 2.75) is 6.18 Å². The first-order chi connectivity index (χ1) is 7.46. The van der Waals surface area contributed by atoms with Crippen LogP contribution in [0.5, 0.6) is 0 Å². The number of alkyl halides is 3. The maximum absolute atomic E-state index is 12.4. The molecule has 0 aliphatic rings. The van der Waals surface area contributed by atoms with E-state index in [9.17, 15) is 18.0 Å². The summed E-state index contributed by atoms with van der Waals surface area (Å²) in [6.07, 6.45) is -3.52. The van der Waals surface area contributed by atoms with Crippen LogP contribution in [0.25, 0.3) is 0 Å². The lowest BCUT2D eigenvalue weighted by Crippen LogP contribution is -2.27. The molecule has 1 rings (SSSR count). The summed E-state index contributed by atoms with van der Waals surface area (Å²) in [5.74, 6) is -1.01. The Morgan fingerprint density at radius 1 is 1.44 bits per heavy atom. The molecule has 16 heavy (non-hydrogen) atoms. The SMILES string of the molecule is N#CCNC(=O)c1cnncc1C(F)(F)F. The van der Waals surface area contributed by atoms with Crippen LogP contribution in [0, 0.1) is 11.3 Å². The molecule has 0 aliphatic carbocycles. The van der Waals surface area contributed by atoms with Crippen LogP contribution in [-0.4, -0.2) is 22.6 Å². The highest BCUT2D eigenvalue weighted by Gasteiger charge is 2.35. The topological polar surface area (TPSA) is 78.7 Å². The second kappa shape index (κ2) is 4.57. The number of carbonyl (C=O) groups is 1. The Morgan fingerprint density at radius 2 is 2.06 bits per heavy atom. The summed E-state index contributed by atoms with van der Waals surface area (Å²) < 4.78 is 37.3. The fraction of sp³-hybridized carbons (Fsp3) is 0.250. The molecule has 84 valence electrons. The normalized spacial score (nSPS) is 10.6. The predicted molar refractivity (Wildman–Crippen MR) is 45.0 cm³/mol. The number of nitriles is 1. The molecule has 1 N–H and O–H groups in total. The Kier molecular flexibility index (Phi) is 3.40. The molecular formula is C8H5F3N4O. The van der Waals surface area contributed by atoms with Crippen LogP contribution in [0.3, 0.4) is 0 Å². The molecule has 0 spiro atoms. The average Bonchev–Trinajstić information content (AvgIpc) is 2.24. The van der Waals surface area contributed by atoms with Crippen LogP contribution >= 0.6 is 0 Å². The molecule has 0 aromatic carbocycles. The molecule has 0 fully saturated rings. The number of aromatic nitrogens is 2. The average molecular weight is 230 g/mol. The summed E-state index contributed by atoms with van der Waals surface area (Å²) in [5.41, 5.74) is -1.84. The van der Waals surface area contributed by atoms with Crippen molar-refractivity contribution in [1.29, 1.82) is 5.26 Å². The van der Waals surface area contributed by atoms with E-state index in [1.54, 1.807) is 6.07 Å². The van der Waals surface area contributed by atoms with E-state index >= 15 is 0 Å². The molecule has 0 aliphatic heterocycles. The quantitative estimate of drug-likeness (QED) is 0.760. The van der Waals surface area contributed by atoms with Crippen LogP contribution in [-0.2, 0) is 6.18 Å². The van der Waals surface area contributed by atoms with Gasteiger partial charge in [0.05, 0.1) is 29.6 Å². The molecule has 5 nitrogen and oxygen atoms in total. The predicted octanol–water partition coefficient (Wildman–Crippen LogP) is 0.749. The number of hydrogen-bond acceptors (Lipinski definition) is 4. The van der Waals surface area contributed by atoms with Crippen molar-refractivity contribution in [1.82, 2.24) is 15.5 Å². The van der Waals surface area contributed by atoms with Crippen molar-refractivity contribution >= 4 is 5.91 Å². The molecule has 0 atom stereocenters. The Labute approximate surface area is 87.9 Å². The number of rotatable bonds is 2. The zero-order chi connectivity index (χ0) is 12.2. The zero-order valence-corrected chi connectivity index (χ0v) is 7.75. The minimum atomic E-state index is -4.69. The second-order valence-electron chi connectivity index (χ2n) is 2.66. The molecule has 8 heteroatoms. The largest absolute Gasteiger partial charge is 0.418 e. The molecule has 1 heterocycles. The van der Waals surface area contributed by atoms with Gasteiger partial charge in [-0.1, -0.05) is 0 Å². The molecule has 0 bridgehead atoms. The van der Waals surface area contributed by atoms with Crippen molar-refractivity contribution in [3.8, 4) is 6.07 Å². The monoisotopic (exact) mass is 230 g/mol. The molecule has 0 saturated heterocycles. The van der Waals surface area contributed by atoms with Gasteiger partial charge in [0.1, 0.15) is 6.54 Å². The van der Waals surface area contributed by atoms with Gasteiger partial charge in [0.25, 0.3) is 5.91 Å². The van der Waals surface area contributed by atoms with Gasteiger partial charge in [-0.25, -0.2) is 0 Å². The number of amides is 1. The highest BCUT2D eigenvalue weighted by Crippen LogP contribution is 2.30. The van der Waals surface area contributed by atoms with E-state index < -0.39 is 23.2 Å². The van der Waals surface area contributed by atoms with Crippen molar-refractivity contribution in [3.63, 3.8) is 0 Å². The standard InChI is InChI=1S/C8H5F3N4O/c9-8(10,11)6-4-15-14-3-5(6)7(16)13-2-1-12/h3-4H,2H2,(H,13,16). The first-order valence-corrected chi connectivity index (χ1v) is 4.00. The van der Waals surface area contributed by atoms with Gasteiger partial charge in [-0.15, -0.1) is 0 Å². The summed E-state index contributed by atoms with van der Waals surface area (Å²) in [5, 5.41) is 16.4. The third-order valence-corrected chi connectivity index (χ3v) is 1.61. The summed E-state index contributed by atoms with van der Waals surface area (Å²) in [6.45, 7) is -0.377. The van der Waals surface area contributed by atoms with E-state index in [1.165, 1.54) is 0 Å². The van der Waals surface area contributed by atoms with Gasteiger partial charge in [0.15, 0.2) is 0 Å². The summed E-state index contributed by atoms with van der Waals surface area (Å²) in [7, 11) is 0. The summed E-state index contributed by atoms with van der Waals surface area (Å²) in [6, 6.07) is 1.58. The molecule has 1 amide bonds. The van der Waals surface area contributed by atoms with Gasteiger partial charge in [-0.3, -0.25) is 4.79 Å². The first-order valence-electron chi connectivity index (χ1n) is 4.00. The van der Waals surface area contributed by atoms with Gasteiger partial charge < -0.3 is 5.32 Å². The Morgan fingerprint density at radius 3 is 2.62 bits per heavy atom.